The van der Waals surface area contributed by atoms with E-state index in [0.29, 0.717) is 23.8 Å². The topological polar surface area (TPSA) is 67.7 Å². The number of amides is 1. The van der Waals surface area contributed by atoms with E-state index in [1.54, 1.807) is 24.1 Å². The fourth-order valence-electron chi connectivity index (χ4n) is 3.61. The summed E-state index contributed by atoms with van der Waals surface area (Å²) in [5.74, 6) is 0.690. The van der Waals surface area contributed by atoms with E-state index >= 15 is 0 Å². The van der Waals surface area contributed by atoms with Gasteiger partial charge in [0.25, 0.3) is 5.56 Å². The Kier molecular flexibility index (Phi) is 6.23. The van der Waals surface area contributed by atoms with E-state index < -0.39 is 0 Å². The summed E-state index contributed by atoms with van der Waals surface area (Å²) >= 11 is 6.25. The molecule has 1 aromatic heterocycles. The van der Waals surface area contributed by atoms with Gasteiger partial charge < -0.3 is 14.5 Å². The van der Waals surface area contributed by atoms with Gasteiger partial charge in [-0.25, -0.2) is 4.68 Å². The number of ether oxygens (including phenoxy) is 1. The number of piperazine rings is 1. The van der Waals surface area contributed by atoms with Crippen molar-refractivity contribution in [2.75, 3.05) is 38.2 Å². The molecule has 3 aromatic rings. The van der Waals surface area contributed by atoms with Crippen molar-refractivity contribution in [3.05, 3.63) is 76.0 Å². The highest BCUT2D eigenvalue weighted by Gasteiger charge is 2.22. The molecule has 8 heteroatoms. The molecule has 0 bridgehead atoms. The molecule has 2 aromatic carbocycles. The van der Waals surface area contributed by atoms with Crippen LogP contribution >= 0.6 is 11.6 Å². The average Bonchev–Trinajstić information content (AvgIpc) is 2.81. The lowest BCUT2D eigenvalue weighted by atomic mass is 10.1. The zero-order chi connectivity index (χ0) is 21.8. The molecular formula is C23H23ClN4O3. The van der Waals surface area contributed by atoms with Crippen LogP contribution in [-0.4, -0.2) is 53.9 Å². The molecular weight excluding hydrogens is 416 g/mol. The summed E-state index contributed by atoms with van der Waals surface area (Å²) in [6.07, 6.45) is 0. The summed E-state index contributed by atoms with van der Waals surface area (Å²) < 4.78 is 6.41. The van der Waals surface area contributed by atoms with Gasteiger partial charge in [0.2, 0.25) is 5.91 Å². The predicted molar refractivity (Wildman–Crippen MR) is 121 cm³/mol. The maximum absolute atomic E-state index is 12.8. The summed E-state index contributed by atoms with van der Waals surface area (Å²) in [4.78, 5) is 29.1. The number of halogens is 1. The molecule has 2 heterocycles. The maximum atomic E-state index is 12.8. The Morgan fingerprint density at radius 1 is 1.00 bits per heavy atom. The van der Waals surface area contributed by atoms with Crippen LogP contribution in [0.3, 0.4) is 0 Å². The van der Waals surface area contributed by atoms with Crippen LogP contribution in [-0.2, 0) is 11.3 Å². The van der Waals surface area contributed by atoms with E-state index in [-0.39, 0.29) is 18.0 Å². The second-order valence-corrected chi connectivity index (χ2v) is 7.67. The Morgan fingerprint density at radius 2 is 1.71 bits per heavy atom. The van der Waals surface area contributed by atoms with Gasteiger partial charge in [-0.1, -0.05) is 29.8 Å². The Labute approximate surface area is 185 Å². The van der Waals surface area contributed by atoms with E-state index in [4.69, 9.17) is 16.3 Å². The second kappa shape index (κ2) is 9.22. The van der Waals surface area contributed by atoms with Crippen LogP contribution in [0.2, 0.25) is 5.02 Å². The van der Waals surface area contributed by atoms with Crippen LogP contribution in [0.25, 0.3) is 11.3 Å². The van der Waals surface area contributed by atoms with Crippen molar-refractivity contribution in [1.82, 2.24) is 14.7 Å². The molecule has 0 radical (unpaired) electrons. The summed E-state index contributed by atoms with van der Waals surface area (Å²) in [6, 6.07) is 18.2. The minimum Gasteiger partial charge on any atom is -0.497 e. The van der Waals surface area contributed by atoms with Gasteiger partial charge in [0.15, 0.2) is 0 Å². The second-order valence-electron chi connectivity index (χ2n) is 7.26. The molecule has 1 saturated heterocycles. The quantitative estimate of drug-likeness (QED) is 0.612. The third-order valence-electron chi connectivity index (χ3n) is 5.37. The summed E-state index contributed by atoms with van der Waals surface area (Å²) in [5.41, 5.74) is 2.06. The SMILES string of the molecule is COc1ccc(N2CCN(C(=O)Cn3nc(-c4ccccc4Cl)ccc3=O)CC2)cc1. The van der Waals surface area contributed by atoms with E-state index in [1.807, 2.05) is 42.5 Å². The smallest absolute Gasteiger partial charge is 0.267 e. The fourth-order valence-corrected chi connectivity index (χ4v) is 3.84. The van der Waals surface area contributed by atoms with Gasteiger partial charge in [-0.05, 0) is 36.4 Å². The van der Waals surface area contributed by atoms with E-state index in [2.05, 4.69) is 10.00 Å². The number of benzene rings is 2. The number of hydrogen-bond donors (Lipinski definition) is 0. The molecule has 0 N–H and O–H groups in total. The molecule has 0 atom stereocenters. The minimum atomic E-state index is -0.318. The Morgan fingerprint density at radius 3 is 2.39 bits per heavy atom. The summed E-state index contributed by atoms with van der Waals surface area (Å²) in [7, 11) is 1.64. The van der Waals surface area contributed by atoms with Crippen molar-refractivity contribution < 1.29 is 9.53 Å². The predicted octanol–water partition coefficient (Wildman–Crippen LogP) is 2.92. The van der Waals surface area contributed by atoms with E-state index in [0.717, 1.165) is 30.1 Å². The molecule has 0 unspecified atom stereocenters. The molecule has 7 nitrogen and oxygen atoms in total. The van der Waals surface area contributed by atoms with Gasteiger partial charge in [-0.2, -0.15) is 5.10 Å². The number of carbonyl (C=O) groups excluding carboxylic acids is 1. The molecule has 1 aliphatic rings. The average molecular weight is 439 g/mol. The molecule has 0 saturated carbocycles. The van der Waals surface area contributed by atoms with Gasteiger partial charge in [-0.15, -0.1) is 0 Å². The first-order chi connectivity index (χ1) is 15.0. The number of carbonyl (C=O) groups is 1. The van der Waals surface area contributed by atoms with Gasteiger partial charge in [0.1, 0.15) is 12.3 Å². The van der Waals surface area contributed by atoms with Crippen LogP contribution in [0.1, 0.15) is 0 Å². The highest BCUT2D eigenvalue weighted by molar-refractivity contribution is 6.33. The molecule has 1 amide bonds. The van der Waals surface area contributed by atoms with Gasteiger partial charge in [0, 0.05) is 43.5 Å². The largest absolute Gasteiger partial charge is 0.497 e. The third-order valence-corrected chi connectivity index (χ3v) is 5.70. The van der Waals surface area contributed by atoms with Gasteiger partial charge >= 0.3 is 0 Å². The number of hydrogen-bond acceptors (Lipinski definition) is 5. The highest BCUT2D eigenvalue weighted by Crippen LogP contribution is 2.25. The number of methoxy groups -OCH3 is 1. The third kappa shape index (κ3) is 4.72. The van der Waals surface area contributed by atoms with Crippen molar-refractivity contribution in [2.45, 2.75) is 6.54 Å². The van der Waals surface area contributed by atoms with Crippen molar-refractivity contribution in [3.63, 3.8) is 0 Å². The molecule has 160 valence electrons. The van der Waals surface area contributed by atoms with E-state index in [1.165, 1.54) is 10.7 Å². The normalized spacial score (nSPS) is 13.9. The molecule has 1 aliphatic heterocycles. The summed E-state index contributed by atoms with van der Waals surface area (Å²) in [6.45, 7) is 2.52. The molecule has 31 heavy (non-hydrogen) atoms. The molecule has 1 fully saturated rings. The number of anilines is 1. The van der Waals surface area contributed by atoms with Crippen LogP contribution in [0.4, 0.5) is 5.69 Å². The van der Waals surface area contributed by atoms with Crippen LogP contribution in [0.15, 0.2) is 65.5 Å². The van der Waals surface area contributed by atoms with Crippen molar-refractivity contribution in [3.8, 4) is 17.0 Å². The van der Waals surface area contributed by atoms with Gasteiger partial charge in [0.05, 0.1) is 17.8 Å². The first kappa shape index (κ1) is 20.9. The highest BCUT2D eigenvalue weighted by atomic mass is 35.5. The Bertz CT molecular complexity index is 1120. The minimum absolute atomic E-state index is 0.0976. The van der Waals surface area contributed by atoms with Crippen molar-refractivity contribution >= 4 is 23.2 Å². The summed E-state index contributed by atoms with van der Waals surface area (Å²) in [5, 5.41) is 4.91. The number of nitrogens with zero attached hydrogens (tertiary/aromatic N) is 4. The van der Waals surface area contributed by atoms with E-state index in [9.17, 15) is 9.59 Å². The zero-order valence-electron chi connectivity index (χ0n) is 17.2. The standard InChI is InChI=1S/C23H23ClN4O3/c1-31-18-8-6-17(7-9-18)26-12-14-27(15-13-26)23(30)16-28-22(29)11-10-21(25-28)19-4-2-3-5-20(19)24/h2-11H,12-16H2,1H3. The monoisotopic (exact) mass is 438 g/mol. The lowest BCUT2D eigenvalue weighted by Gasteiger charge is -2.36. The zero-order valence-corrected chi connectivity index (χ0v) is 18.0. The van der Waals surface area contributed by atoms with Crippen LogP contribution < -0.4 is 15.2 Å². The van der Waals surface area contributed by atoms with Crippen LogP contribution in [0, 0.1) is 0 Å². The maximum Gasteiger partial charge on any atom is 0.267 e. The first-order valence-corrected chi connectivity index (χ1v) is 10.4. The first-order valence-electron chi connectivity index (χ1n) is 10.0. The lowest BCUT2D eigenvalue weighted by Crippen LogP contribution is -2.50. The molecule has 0 spiro atoms. The number of aromatic nitrogens is 2. The number of rotatable bonds is 5. The van der Waals surface area contributed by atoms with Crippen molar-refractivity contribution in [1.29, 1.82) is 0 Å². The van der Waals surface area contributed by atoms with Crippen molar-refractivity contribution in [2.24, 2.45) is 0 Å². The fraction of sp³-hybridized carbons (Fsp3) is 0.261. The van der Waals surface area contributed by atoms with Crippen LogP contribution in [0.5, 0.6) is 5.75 Å². The molecule has 4 rings (SSSR count). The lowest BCUT2D eigenvalue weighted by molar-refractivity contribution is -0.132. The Balaban J connectivity index is 1.41. The molecule has 0 aliphatic carbocycles. The van der Waals surface area contributed by atoms with Gasteiger partial charge in [-0.3, -0.25) is 9.59 Å². The Hall–Kier alpha value is -3.32.